The van der Waals surface area contributed by atoms with E-state index in [9.17, 15) is 9.90 Å². The molecule has 0 heterocycles. The number of hydrogen-bond acceptors (Lipinski definition) is 2. The van der Waals surface area contributed by atoms with E-state index in [1.54, 1.807) is 12.2 Å². The first-order valence-electron chi connectivity index (χ1n) is 2.62. The summed E-state index contributed by atoms with van der Waals surface area (Å²) in [5.74, 6) is -1.02. The third-order valence-electron chi connectivity index (χ3n) is 0.687. The van der Waals surface area contributed by atoms with Crippen molar-refractivity contribution >= 4 is 5.97 Å². The second kappa shape index (κ2) is 4.37. The lowest BCUT2D eigenvalue weighted by Crippen LogP contribution is -2.20. The van der Waals surface area contributed by atoms with Gasteiger partial charge in [-0.15, -0.1) is 0 Å². The van der Waals surface area contributed by atoms with Crippen LogP contribution < -0.4 is 5.11 Å². The van der Waals surface area contributed by atoms with Crippen LogP contribution in [0.3, 0.4) is 0 Å². The fourth-order valence-corrected chi connectivity index (χ4v) is 0.346. The molecule has 0 amide bonds. The normalized spacial score (nSPS) is 10.1. The van der Waals surface area contributed by atoms with Gasteiger partial charge in [-0.1, -0.05) is 19.1 Å². The molecule has 0 spiro atoms. The molecule has 0 rings (SSSR count). The van der Waals surface area contributed by atoms with Crippen LogP contribution in [0.25, 0.3) is 0 Å². The summed E-state index contributed by atoms with van der Waals surface area (Å²) < 4.78 is 0. The van der Waals surface area contributed by atoms with Crippen LogP contribution >= 0.6 is 0 Å². The molecule has 0 atom stereocenters. The van der Waals surface area contributed by atoms with Crippen molar-refractivity contribution in [3.8, 4) is 0 Å². The van der Waals surface area contributed by atoms with Crippen LogP contribution in [0.2, 0.25) is 0 Å². The van der Waals surface area contributed by atoms with Gasteiger partial charge in [-0.25, -0.2) is 0 Å². The van der Waals surface area contributed by atoms with Gasteiger partial charge in [0.15, 0.2) is 0 Å². The van der Waals surface area contributed by atoms with Crippen LogP contribution in [0, 0.1) is 0 Å². The molecular weight excluding hydrogens is 104 g/mol. The van der Waals surface area contributed by atoms with Crippen LogP contribution in [0.1, 0.15) is 19.8 Å². The Morgan fingerprint density at radius 3 is 2.62 bits per heavy atom. The number of carboxylic acid groups (broad SMARTS) is 1. The van der Waals surface area contributed by atoms with E-state index in [1.807, 2.05) is 6.92 Å². The van der Waals surface area contributed by atoms with E-state index < -0.39 is 5.97 Å². The van der Waals surface area contributed by atoms with E-state index in [-0.39, 0.29) is 6.42 Å². The van der Waals surface area contributed by atoms with Gasteiger partial charge < -0.3 is 9.90 Å². The van der Waals surface area contributed by atoms with Crippen LogP contribution in [0.4, 0.5) is 0 Å². The number of rotatable bonds is 3. The minimum absolute atomic E-state index is 0.0356. The summed E-state index contributed by atoms with van der Waals surface area (Å²) in [6.45, 7) is 1.95. The Balaban J connectivity index is 3.16. The molecule has 0 saturated heterocycles. The highest BCUT2D eigenvalue weighted by Crippen LogP contribution is 1.82. The topological polar surface area (TPSA) is 40.1 Å². The Hall–Kier alpha value is -0.790. The summed E-state index contributed by atoms with van der Waals surface area (Å²) >= 11 is 0. The number of carbonyl (C=O) groups is 1. The molecule has 0 N–H and O–H groups in total. The molecule has 0 bridgehead atoms. The zero-order valence-corrected chi connectivity index (χ0v) is 4.89. The summed E-state index contributed by atoms with van der Waals surface area (Å²) in [7, 11) is 0. The SMILES string of the molecule is CC/C=C/CC(=O)[O-]. The smallest absolute Gasteiger partial charge is 0.0452 e. The fraction of sp³-hybridized carbons (Fsp3) is 0.500. The molecule has 0 aliphatic rings. The second-order valence-electron chi connectivity index (χ2n) is 1.46. The molecule has 8 heavy (non-hydrogen) atoms. The second-order valence-corrected chi connectivity index (χ2v) is 1.46. The van der Waals surface area contributed by atoms with Crippen LogP contribution in [-0.2, 0) is 4.79 Å². The Kier molecular flexibility index (Phi) is 3.94. The first kappa shape index (κ1) is 7.21. The summed E-state index contributed by atoms with van der Waals surface area (Å²) in [6, 6.07) is 0. The summed E-state index contributed by atoms with van der Waals surface area (Å²) in [5, 5.41) is 9.71. The van der Waals surface area contributed by atoms with Crippen molar-refractivity contribution in [2.45, 2.75) is 19.8 Å². The Labute approximate surface area is 48.8 Å². The predicted molar refractivity (Wildman–Crippen MR) is 29.1 cm³/mol. The van der Waals surface area contributed by atoms with E-state index in [2.05, 4.69) is 0 Å². The maximum atomic E-state index is 9.71. The molecule has 0 aromatic heterocycles. The number of carbonyl (C=O) groups excluding carboxylic acids is 1. The molecule has 0 aliphatic heterocycles. The minimum atomic E-state index is -1.02. The van der Waals surface area contributed by atoms with Gasteiger partial charge in [0.2, 0.25) is 0 Å². The molecule has 0 unspecified atom stereocenters. The third kappa shape index (κ3) is 5.21. The highest BCUT2D eigenvalue weighted by molar-refractivity contribution is 5.66. The van der Waals surface area contributed by atoms with Gasteiger partial charge in [-0.2, -0.15) is 0 Å². The van der Waals surface area contributed by atoms with Crippen molar-refractivity contribution in [2.24, 2.45) is 0 Å². The zero-order chi connectivity index (χ0) is 6.41. The zero-order valence-electron chi connectivity index (χ0n) is 4.89. The van der Waals surface area contributed by atoms with Crippen molar-refractivity contribution in [1.29, 1.82) is 0 Å². The first-order chi connectivity index (χ1) is 3.77. The molecule has 2 nitrogen and oxygen atoms in total. The average molecular weight is 113 g/mol. The summed E-state index contributed by atoms with van der Waals surface area (Å²) in [5.41, 5.74) is 0. The van der Waals surface area contributed by atoms with E-state index >= 15 is 0 Å². The Morgan fingerprint density at radius 1 is 1.62 bits per heavy atom. The van der Waals surface area contributed by atoms with Crippen molar-refractivity contribution in [3.63, 3.8) is 0 Å². The number of carboxylic acids is 1. The largest absolute Gasteiger partial charge is 0.550 e. The van der Waals surface area contributed by atoms with E-state index in [4.69, 9.17) is 0 Å². The standard InChI is InChI=1S/C6H10O2/c1-2-3-4-5-6(7)8/h3-4H,2,5H2,1H3,(H,7,8)/p-1/b4-3+. The number of hydrogen-bond donors (Lipinski definition) is 0. The number of allylic oxidation sites excluding steroid dienone is 1. The highest BCUT2D eigenvalue weighted by Gasteiger charge is 1.74. The van der Waals surface area contributed by atoms with Gasteiger partial charge in [0.25, 0.3) is 0 Å². The van der Waals surface area contributed by atoms with Crippen molar-refractivity contribution in [3.05, 3.63) is 12.2 Å². The van der Waals surface area contributed by atoms with Crippen LogP contribution in [0.15, 0.2) is 12.2 Å². The van der Waals surface area contributed by atoms with Gasteiger partial charge in [0.1, 0.15) is 0 Å². The first-order valence-corrected chi connectivity index (χ1v) is 2.62. The highest BCUT2D eigenvalue weighted by atomic mass is 16.4. The molecule has 0 aromatic carbocycles. The molecule has 0 aliphatic carbocycles. The Morgan fingerprint density at radius 2 is 2.25 bits per heavy atom. The third-order valence-corrected chi connectivity index (χ3v) is 0.687. The molecule has 0 radical (unpaired) electrons. The molecule has 0 fully saturated rings. The lowest BCUT2D eigenvalue weighted by atomic mass is 10.3. The van der Waals surface area contributed by atoms with Crippen molar-refractivity contribution < 1.29 is 9.90 Å². The maximum Gasteiger partial charge on any atom is 0.0452 e. The van der Waals surface area contributed by atoms with Gasteiger partial charge in [0, 0.05) is 12.4 Å². The molecular formula is C6H9O2-. The van der Waals surface area contributed by atoms with Gasteiger partial charge in [0.05, 0.1) is 0 Å². The van der Waals surface area contributed by atoms with Crippen molar-refractivity contribution in [1.82, 2.24) is 0 Å². The maximum absolute atomic E-state index is 9.71. The monoisotopic (exact) mass is 113 g/mol. The van der Waals surface area contributed by atoms with Gasteiger partial charge in [-0.3, -0.25) is 0 Å². The lowest BCUT2D eigenvalue weighted by molar-refractivity contribution is -0.304. The average Bonchev–Trinajstić information content (AvgIpc) is 1.66. The molecule has 2 heteroatoms. The van der Waals surface area contributed by atoms with Crippen LogP contribution in [-0.4, -0.2) is 5.97 Å². The van der Waals surface area contributed by atoms with Crippen molar-refractivity contribution in [2.75, 3.05) is 0 Å². The quantitative estimate of drug-likeness (QED) is 0.487. The molecule has 0 saturated carbocycles. The van der Waals surface area contributed by atoms with Gasteiger partial charge >= 0.3 is 0 Å². The van der Waals surface area contributed by atoms with Crippen LogP contribution in [0.5, 0.6) is 0 Å². The Bertz CT molecular complexity index is 94.7. The van der Waals surface area contributed by atoms with E-state index in [0.29, 0.717) is 0 Å². The van der Waals surface area contributed by atoms with Gasteiger partial charge in [-0.05, 0) is 6.42 Å². The minimum Gasteiger partial charge on any atom is -0.550 e. The predicted octanol–water partition coefficient (Wildman–Crippen LogP) is 0.0926. The van der Waals surface area contributed by atoms with E-state index in [1.165, 1.54) is 0 Å². The number of aliphatic carboxylic acids is 1. The van der Waals surface area contributed by atoms with E-state index in [0.717, 1.165) is 6.42 Å². The lowest BCUT2D eigenvalue weighted by Gasteiger charge is -1.91. The summed E-state index contributed by atoms with van der Waals surface area (Å²) in [6.07, 6.45) is 4.31. The summed E-state index contributed by atoms with van der Waals surface area (Å²) in [4.78, 5) is 9.71. The molecule has 0 aromatic rings. The fourth-order valence-electron chi connectivity index (χ4n) is 0.346. The molecule has 46 valence electrons.